The normalized spacial score (nSPS) is 19.3. The lowest BCUT2D eigenvalue weighted by Crippen LogP contribution is -2.40. The lowest BCUT2D eigenvalue weighted by Gasteiger charge is -2.24. The van der Waals surface area contributed by atoms with E-state index in [4.69, 9.17) is 0 Å². The van der Waals surface area contributed by atoms with Crippen molar-refractivity contribution < 1.29 is 13.2 Å². The Morgan fingerprint density at radius 2 is 2.12 bits per heavy atom. The molecule has 3 rings (SSSR count). The maximum absolute atomic E-state index is 12.7. The van der Waals surface area contributed by atoms with Crippen LogP contribution in [0.3, 0.4) is 0 Å². The first-order valence-electron chi connectivity index (χ1n) is 8.23. The average Bonchev–Trinajstić information content (AvgIpc) is 3.20. The molecule has 0 aliphatic carbocycles. The van der Waals surface area contributed by atoms with Gasteiger partial charge in [0, 0.05) is 35.4 Å². The van der Waals surface area contributed by atoms with Crippen LogP contribution in [0, 0.1) is 20.8 Å². The third-order valence-corrected chi connectivity index (χ3v) is 7.44. The van der Waals surface area contributed by atoms with Crippen molar-refractivity contribution in [2.75, 3.05) is 18.6 Å². The van der Waals surface area contributed by atoms with E-state index >= 15 is 0 Å². The van der Waals surface area contributed by atoms with Crippen LogP contribution in [0.1, 0.15) is 22.8 Å². The highest BCUT2D eigenvalue weighted by atomic mass is 32.2. The molecule has 1 unspecified atom stereocenters. The van der Waals surface area contributed by atoms with Gasteiger partial charge >= 0.3 is 0 Å². The smallest absolute Gasteiger partial charge is 0.242 e. The van der Waals surface area contributed by atoms with Gasteiger partial charge in [-0.3, -0.25) is 4.79 Å². The second kappa shape index (κ2) is 6.57. The second-order valence-electron chi connectivity index (χ2n) is 6.68. The minimum absolute atomic E-state index is 0.0649. The number of hydrogen-bond donors (Lipinski definition) is 0. The molecule has 3 heterocycles. The molecule has 6 nitrogen and oxygen atoms in total. The summed E-state index contributed by atoms with van der Waals surface area (Å²) >= 11 is 1.61. The summed E-state index contributed by atoms with van der Waals surface area (Å²) in [7, 11) is -1.30. The molecule has 1 atom stereocenters. The highest BCUT2D eigenvalue weighted by Gasteiger charge is 2.32. The topological polar surface area (TPSA) is 72.3 Å². The number of likely N-dealkylation sites (N-methyl/N-ethyl adjacent to an activating group) is 1. The zero-order chi connectivity index (χ0) is 18.4. The van der Waals surface area contributed by atoms with Crippen LogP contribution in [0.15, 0.2) is 11.4 Å². The molecular weight excluding hydrogens is 358 g/mol. The van der Waals surface area contributed by atoms with E-state index in [1.54, 1.807) is 23.3 Å². The van der Waals surface area contributed by atoms with Gasteiger partial charge in [-0.05, 0) is 33.3 Å². The number of rotatable bonds is 4. The van der Waals surface area contributed by atoms with Crippen LogP contribution in [0.2, 0.25) is 0 Å². The fourth-order valence-electron chi connectivity index (χ4n) is 3.32. The van der Waals surface area contributed by atoms with Gasteiger partial charge in [-0.15, -0.1) is 11.3 Å². The van der Waals surface area contributed by atoms with Crippen molar-refractivity contribution in [1.82, 2.24) is 14.5 Å². The maximum atomic E-state index is 12.7. The van der Waals surface area contributed by atoms with Crippen molar-refractivity contribution >= 4 is 27.1 Å². The molecule has 0 N–H and O–H groups in total. The Hall–Kier alpha value is -1.67. The van der Waals surface area contributed by atoms with E-state index in [1.165, 1.54) is 0 Å². The van der Waals surface area contributed by atoms with Gasteiger partial charge in [-0.25, -0.2) is 13.4 Å². The van der Waals surface area contributed by atoms with Crippen LogP contribution in [0.25, 0.3) is 11.3 Å². The van der Waals surface area contributed by atoms with Gasteiger partial charge in [0.1, 0.15) is 6.54 Å². The maximum Gasteiger partial charge on any atom is 0.242 e. The molecule has 1 aliphatic heterocycles. The van der Waals surface area contributed by atoms with E-state index in [1.807, 2.05) is 30.7 Å². The zero-order valence-electron chi connectivity index (χ0n) is 14.9. The summed E-state index contributed by atoms with van der Waals surface area (Å²) in [6, 6.07) is 1.84. The van der Waals surface area contributed by atoms with Crippen molar-refractivity contribution in [1.29, 1.82) is 0 Å². The van der Waals surface area contributed by atoms with Crippen molar-refractivity contribution in [3.63, 3.8) is 0 Å². The molecule has 1 fully saturated rings. The lowest BCUT2D eigenvalue weighted by molar-refractivity contribution is -0.132. The fourth-order valence-corrected chi connectivity index (χ4v) is 5.71. The molecule has 2 aromatic rings. The molecule has 136 valence electrons. The highest BCUT2D eigenvalue weighted by molar-refractivity contribution is 7.91. The number of hydrogen-bond acceptors (Lipinski definition) is 5. The fraction of sp³-hybridized carbons (Fsp3) is 0.529. The van der Waals surface area contributed by atoms with E-state index in [9.17, 15) is 13.2 Å². The predicted octanol–water partition coefficient (Wildman–Crippen LogP) is 2.18. The number of aryl methyl sites for hydroxylation is 2. The molecule has 0 radical (unpaired) electrons. The Balaban J connectivity index is 1.79. The first kappa shape index (κ1) is 18.1. The van der Waals surface area contributed by atoms with Gasteiger partial charge in [-0.1, -0.05) is 0 Å². The Kier molecular flexibility index (Phi) is 4.76. The first-order valence-corrected chi connectivity index (χ1v) is 10.9. The van der Waals surface area contributed by atoms with Gasteiger partial charge in [-0.2, -0.15) is 0 Å². The standard InChI is InChI=1S/C17H23N3O3S2/c1-11-7-15(16-9-24-13(3)18-16)12(2)20(11)8-17(21)19(4)14-5-6-25(22,23)10-14/h7,9,14H,5-6,8,10H2,1-4H3. The van der Waals surface area contributed by atoms with Gasteiger partial charge in [0.15, 0.2) is 9.84 Å². The quantitative estimate of drug-likeness (QED) is 0.814. The number of carbonyl (C=O) groups excluding carboxylic acids is 1. The molecule has 25 heavy (non-hydrogen) atoms. The van der Waals surface area contributed by atoms with Crippen LogP contribution in [0.4, 0.5) is 0 Å². The van der Waals surface area contributed by atoms with Crippen LogP contribution in [-0.2, 0) is 21.2 Å². The minimum Gasteiger partial charge on any atom is -0.340 e. The van der Waals surface area contributed by atoms with E-state index in [2.05, 4.69) is 11.1 Å². The molecule has 1 amide bonds. The van der Waals surface area contributed by atoms with Gasteiger partial charge in [0.05, 0.1) is 22.2 Å². The number of amides is 1. The van der Waals surface area contributed by atoms with Crippen LogP contribution < -0.4 is 0 Å². The summed E-state index contributed by atoms with van der Waals surface area (Å²) in [5.74, 6) is 0.178. The number of sulfone groups is 1. The molecule has 0 aromatic carbocycles. The zero-order valence-corrected chi connectivity index (χ0v) is 16.6. The Morgan fingerprint density at radius 1 is 1.40 bits per heavy atom. The van der Waals surface area contributed by atoms with Crippen LogP contribution in [-0.4, -0.2) is 53.4 Å². The third kappa shape index (κ3) is 3.64. The monoisotopic (exact) mass is 381 g/mol. The summed E-state index contributed by atoms with van der Waals surface area (Å²) in [5, 5.41) is 3.04. The largest absolute Gasteiger partial charge is 0.340 e. The Labute approximate surface area is 152 Å². The van der Waals surface area contributed by atoms with Crippen molar-refractivity contribution in [2.24, 2.45) is 0 Å². The summed E-state index contributed by atoms with van der Waals surface area (Å²) < 4.78 is 25.3. The van der Waals surface area contributed by atoms with Crippen molar-refractivity contribution in [2.45, 2.75) is 39.8 Å². The molecule has 8 heteroatoms. The van der Waals surface area contributed by atoms with Crippen LogP contribution >= 0.6 is 11.3 Å². The number of nitrogens with zero attached hydrogens (tertiary/aromatic N) is 3. The average molecular weight is 382 g/mol. The molecule has 1 aliphatic rings. The van der Waals surface area contributed by atoms with Gasteiger partial charge < -0.3 is 9.47 Å². The van der Waals surface area contributed by atoms with E-state index in [-0.39, 0.29) is 30.0 Å². The van der Waals surface area contributed by atoms with Gasteiger partial charge in [0.25, 0.3) is 0 Å². The summed E-state index contributed by atoms with van der Waals surface area (Å²) in [6.07, 6.45) is 0.525. The number of carbonyl (C=O) groups is 1. The molecule has 0 spiro atoms. The van der Waals surface area contributed by atoms with Crippen LogP contribution in [0.5, 0.6) is 0 Å². The summed E-state index contributed by atoms with van der Waals surface area (Å²) in [4.78, 5) is 18.8. The summed E-state index contributed by atoms with van der Waals surface area (Å²) in [6.45, 7) is 6.16. The molecule has 0 saturated carbocycles. The Morgan fingerprint density at radius 3 is 2.68 bits per heavy atom. The second-order valence-corrected chi connectivity index (χ2v) is 9.98. The lowest BCUT2D eigenvalue weighted by atomic mass is 10.2. The number of thiazole rings is 1. The molecule has 2 aromatic heterocycles. The van der Waals surface area contributed by atoms with Crippen molar-refractivity contribution in [3.8, 4) is 11.3 Å². The van der Waals surface area contributed by atoms with E-state index < -0.39 is 9.84 Å². The van der Waals surface area contributed by atoms with Gasteiger partial charge in [0.2, 0.25) is 5.91 Å². The summed E-state index contributed by atoms with van der Waals surface area (Å²) in [5.41, 5.74) is 3.98. The van der Waals surface area contributed by atoms with Crippen molar-refractivity contribution in [3.05, 3.63) is 27.8 Å². The highest BCUT2D eigenvalue weighted by Crippen LogP contribution is 2.28. The molecule has 0 bridgehead atoms. The molecular formula is C17H23N3O3S2. The third-order valence-electron chi connectivity index (χ3n) is 4.91. The SMILES string of the molecule is Cc1nc(-c2cc(C)n(CC(=O)N(C)C3CCS(=O)(=O)C3)c2C)cs1. The van der Waals surface area contributed by atoms with E-state index in [0.29, 0.717) is 6.42 Å². The predicted molar refractivity (Wildman–Crippen MR) is 99.6 cm³/mol. The number of aromatic nitrogens is 2. The first-order chi connectivity index (χ1) is 11.7. The minimum atomic E-state index is -3.00. The van der Waals surface area contributed by atoms with E-state index in [0.717, 1.165) is 27.7 Å². The Bertz CT molecular complexity index is 912. The molecule has 1 saturated heterocycles.